The van der Waals surface area contributed by atoms with E-state index in [0.29, 0.717) is 6.42 Å². The fraction of sp³-hybridized carbons (Fsp3) is 0.500. The predicted molar refractivity (Wildman–Crippen MR) is 75.7 cm³/mol. The van der Waals surface area contributed by atoms with Gasteiger partial charge in [-0.3, -0.25) is 4.79 Å². The second kappa shape index (κ2) is 6.81. The Morgan fingerprint density at radius 3 is 2.83 bits per heavy atom. The maximum absolute atomic E-state index is 11.4. The molecule has 0 heterocycles. The minimum absolute atomic E-state index is 0.344. The number of methoxy groups -OCH3 is 1. The van der Waals surface area contributed by atoms with Crippen LogP contribution in [-0.4, -0.2) is 24.4 Å². The normalized spacial score (nSPS) is 14.0. The summed E-state index contributed by atoms with van der Waals surface area (Å²) in [7, 11) is 1.37. The van der Waals surface area contributed by atoms with E-state index in [1.807, 2.05) is 0 Å². The first-order chi connectivity index (χ1) is 8.45. The van der Waals surface area contributed by atoms with Crippen LogP contribution in [0, 0.1) is 6.92 Å². The summed E-state index contributed by atoms with van der Waals surface area (Å²) in [6.45, 7) is 3.80. The van der Waals surface area contributed by atoms with E-state index < -0.39 is 5.54 Å². The summed E-state index contributed by atoms with van der Waals surface area (Å²) in [5.41, 5.74) is 6.28. The molecular weight excluding hydrogens is 246 g/mol. The third-order valence-corrected chi connectivity index (χ3v) is 3.83. The Kier molecular flexibility index (Phi) is 5.69. The summed E-state index contributed by atoms with van der Waals surface area (Å²) in [6, 6.07) is 8.39. The van der Waals surface area contributed by atoms with Crippen molar-refractivity contribution >= 4 is 17.7 Å². The number of ether oxygens (including phenoxy) is 1. The molecule has 0 aliphatic heterocycles. The zero-order valence-electron chi connectivity index (χ0n) is 11.2. The largest absolute Gasteiger partial charge is 0.468 e. The summed E-state index contributed by atoms with van der Waals surface area (Å²) in [6.07, 6.45) is 1.53. The number of aryl methyl sites for hydroxylation is 1. The third-order valence-electron chi connectivity index (χ3n) is 2.75. The van der Waals surface area contributed by atoms with E-state index in [1.54, 1.807) is 18.7 Å². The molecular formula is C14H21NO2S. The van der Waals surface area contributed by atoms with Crippen molar-refractivity contribution in [1.82, 2.24) is 0 Å². The summed E-state index contributed by atoms with van der Waals surface area (Å²) in [5.74, 6) is 0.607. The number of hydrogen-bond donors (Lipinski definition) is 1. The molecule has 1 rings (SSSR count). The maximum Gasteiger partial charge on any atom is 0.325 e. The lowest BCUT2D eigenvalue weighted by atomic mass is 9.98. The van der Waals surface area contributed by atoms with Crippen LogP contribution in [0.2, 0.25) is 0 Å². The SMILES string of the molecule is COC(=O)C(C)(N)CCCSc1cccc(C)c1. The van der Waals surface area contributed by atoms with Crippen molar-refractivity contribution in [3.05, 3.63) is 29.8 Å². The lowest BCUT2D eigenvalue weighted by molar-refractivity contribution is -0.146. The second-order valence-electron chi connectivity index (χ2n) is 4.68. The zero-order chi connectivity index (χ0) is 13.6. The van der Waals surface area contributed by atoms with Crippen molar-refractivity contribution < 1.29 is 9.53 Å². The van der Waals surface area contributed by atoms with Gasteiger partial charge >= 0.3 is 5.97 Å². The van der Waals surface area contributed by atoms with Gasteiger partial charge in [-0.15, -0.1) is 11.8 Å². The number of hydrogen-bond acceptors (Lipinski definition) is 4. The zero-order valence-corrected chi connectivity index (χ0v) is 12.0. The second-order valence-corrected chi connectivity index (χ2v) is 5.85. The van der Waals surface area contributed by atoms with E-state index in [-0.39, 0.29) is 5.97 Å². The Balaban J connectivity index is 2.33. The van der Waals surface area contributed by atoms with Crippen molar-refractivity contribution in [2.24, 2.45) is 5.73 Å². The van der Waals surface area contributed by atoms with Gasteiger partial charge < -0.3 is 10.5 Å². The monoisotopic (exact) mass is 267 g/mol. The van der Waals surface area contributed by atoms with Crippen LogP contribution in [0.25, 0.3) is 0 Å². The minimum Gasteiger partial charge on any atom is -0.468 e. The average Bonchev–Trinajstić information content (AvgIpc) is 2.33. The van der Waals surface area contributed by atoms with Gasteiger partial charge in [-0.1, -0.05) is 17.7 Å². The molecule has 0 fully saturated rings. The molecule has 0 aliphatic rings. The number of nitrogens with two attached hydrogens (primary N) is 1. The first kappa shape index (κ1) is 15.1. The molecule has 0 amide bonds. The van der Waals surface area contributed by atoms with Crippen molar-refractivity contribution in [1.29, 1.82) is 0 Å². The first-order valence-electron chi connectivity index (χ1n) is 6.02. The van der Waals surface area contributed by atoms with E-state index in [4.69, 9.17) is 5.73 Å². The average molecular weight is 267 g/mol. The molecule has 0 aromatic heterocycles. The van der Waals surface area contributed by atoms with E-state index in [9.17, 15) is 4.79 Å². The summed E-state index contributed by atoms with van der Waals surface area (Å²) >= 11 is 1.79. The van der Waals surface area contributed by atoms with Gasteiger partial charge in [0.1, 0.15) is 5.54 Å². The number of carbonyl (C=O) groups is 1. The van der Waals surface area contributed by atoms with Crippen LogP contribution < -0.4 is 5.73 Å². The van der Waals surface area contributed by atoms with Gasteiger partial charge in [-0.05, 0) is 44.6 Å². The van der Waals surface area contributed by atoms with Crippen LogP contribution in [-0.2, 0) is 9.53 Å². The maximum atomic E-state index is 11.4. The van der Waals surface area contributed by atoms with Gasteiger partial charge in [-0.2, -0.15) is 0 Å². The Hall–Kier alpha value is -1.00. The van der Waals surface area contributed by atoms with Crippen LogP contribution in [0.3, 0.4) is 0 Å². The molecule has 4 heteroatoms. The molecule has 0 aliphatic carbocycles. The smallest absolute Gasteiger partial charge is 0.325 e. The highest BCUT2D eigenvalue weighted by Gasteiger charge is 2.28. The van der Waals surface area contributed by atoms with Crippen LogP contribution in [0.5, 0.6) is 0 Å². The standard InChI is InChI=1S/C14H21NO2S/c1-11-6-4-7-12(10-11)18-9-5-8-14(2,15)13(16)17-3/h4,6-7,10H,5,8-9,15H2,1-3H3. The molecule has 1 unspecified atom stereocenters. The molecule has 100 valence electrons. The Morgan fingerprint density at radius 2 is 2.22 bits per heavy atom. The Bertz CT molecular complexity index is 405. The molecule has 0 spiro atoms. The molecule has 2 N–H and O–H groups in total. The van der Waals surface area contributed by atoms with E-state index in [1.165, 1.54) is 17.6 Å². The first-order valence-corrected chi connectivity index (χ1v) is 7.01. The third kappa shape index (κ3) is 4.70. The lowest BCUT2D eigenvalue weighted by Gasteiger charge is -2.20. The quantitative estimate of drug-likeness (QED) is 0.489. The van der Waals surface area contributed by atoms with Gasteiger partial charge in [0, 0.05) is 4.90 Å². The number of carbonyl (C=O) groups excluding carboxylic acids is 1. The Morgan fingerprint density at radius 1 is 1.50 bits per heavy atom. The van der Waals surface area contributed by atoms with E-state index >= 15 is 0 Å². The van der Waals surface area contributed by atoms with Gasteiger partial charge in [0.2, 0.25) is 0 Å². The van der Waals surface area contributed by atoms with Crippen LogP contribution in [0.15, 0.2) is 29.2 Å². The topological polar surface area (TPSA) is 52.3 Å². The van der Waals surface area contributed by atoms with Gasteiger partial charge in [-0.25, -0.2) is 0 Å². The van der Waals surface area contributed by atoms with Crippen LogP contribution in [0.4, 0.5) is 0 Å². The van der Waals surface area contributed by atoms with Crippen molar-refractivity contribution in [3.63, 3.8) is 0 Å². The van der Waals surface area contributed by atoms with Gasteiger partial charge in [0.15, 0.2) is 0 Å². The molecule has 1 aromatic carbocycles. The molecule has 1 aromatic rings. The van der Waals surface area contributed by atoms with Crippen molar-refractivity contribution in [2.45, 2.75) is 37.1 Å². The van der Waals surface area contributed by atoms with Crippen LogP contribution >= 0.6 is 11.8 Å². The molecule has 3 nitrogen and oxygen atoms in total. The summed E-state index contributed by atoms with van der Waals surface area (Å²) in [5, 5.41) is 0. The fourth-order valence-electron chi connectivity index (χ4n) is 1.67. The fourth-order valence-corrected chi connectivity index (χ4v) is 2.64. The molecule has 0 saturated carbocycles. The number of thioether (sulfide) groups is 1. The summed E-state index contributed by atoms with van der Waals surface area (Å²) < 4.78 is 4.68. The highest BCUT2D eigenvalue weighted by atomic mass is 32.2. The number of rotatable bonds is 6. The predicted octanol–water partition coefficient (Wildman–Crippen LogP) is 2.76. The van der Waals surface area contributed by atoms with Gasteiger partial charge in [0.05, 0.1) is 7.11 Å². The summed E-state index contributed by atoms with van der Waals surface area (Å²) in [4.78, 5) is 12.6. The Labute approximate surface area is 113 Å². The number of benzene rings is 1. The minimum atomic E-state index is -0.873. The van der Waals surface area contributed by atoms with Crippen molar-refractivity contribution in [2.75, 3.05) is 12.9 Å². The van der Waals surface area contributed by atoms with Crippen LogP contribution in [0.1, 0.15) is 25.3 Å². The molecule has 0 saturated heterocycles. The molecule has 1 atom stereocenters. The lowest BCUT2D eigenvalue weighted by Crippen LogP contribution is -2.45. The molecule has 0 bridgehead atoms. The van der Waals surface area contributed by atoms with E-state index in [2.05, 4.69) is 35.9 Å². The highest BCUT2D eigenvalue weighted by Crippen LogP contribution is 2.21. The van der Waals surface area contributed by atoms with Crippen molar-refractivity contribution in [3.8, 4) is 0 Å². The van der Waals surface area contributed by atoms with E-state index in [0.717, 1.165) is 12.2 Å². The highest BCUT2D eigenvalue weighted by molar-refractivity contribution is 7.99. The molecule has 18 heavy (non-hydrogen) atoms. The number of esters is 1. The molecule has 0 radical (unpaired) electrons. The van der Waals surface area contributed by atoms with Gasteiger partial charge in [0.25, 0.3) is 0 Å².